The number of benzene rings is 1. The second kappa shape index (κ2) is 8.74. The number of carbonyl (C=O) groups is 1. The first kappa shape index (κ1) is 18.9. The first-order valence-corrected chi connectivity index (χ1v) is 11.2. The summed E-state index contributed by atoms with van der Waals surface area (Å²) in [5, 5.41) is 3.42. The number of nitrogens with zero attached hydrogens (tertiary/aromatic N) is 2. The van der Waals surface area contributed by atoms with Crippen LogP contribution in [0.15, 0.2) is 24.3 Å². The van der Waals surface area contributed by atoms with Crippen molar-refractivity contribution in [2.24, 2.45) is 0 Å². The maximum atomic E-state index is 12.9. The van der Waals surface area contributed by atoms with Crippen LogP contribution < -0.4 is 10.2 Å². The highest BCUT2D eigenvalue weighted by atomic mass is 16.2. The van der Waals surface area contributed by atoms with Crippen LogP contribution >= 0.6 is 0 Å². The van der Waals surface area contributed by atoms with Crippen molar-refractivity contribution in [2.45, 2.75) is 82.8 Å². The van der Waals surface area contributed by atoms with Gasteiger partial charge in [-0.15, -0.1) is 0 Å². The minimum absolute atomic E-state index is 0.286. The molecule has 1 N–H and O–H groups in total. The molecule has 0 unspecified atom stereocenters. The van der Waals surface area contributed by atoms with Crippen molar-refractivity contribution in [2.75, 3.05) is 24.5 Å². The highest BCUT2D eigenvalue weighted by Gasteiger charge is 2.35. The molecule has 4 heteroatoms. The zero-order chi connectivity index (χ0) is 18.6. The predicted molar refractivity (Wildman–Crippen MR) is 111 cm³/mol. The molecule has 3 aliphatic rings. The van der Waals surface area contributed by atoms with E-state index in [1.807, 2.05) is 0 Å². The number of hydrogen-bond acceptors (Lipinski definition) is 3. The van der Waals surface area contributed by atoms with Gasteiger partial charge in [0.05, 0.1) is 0 Å². The lowest BCUT2D eigenvalue weighted by atomic mass is 10.0. The smallest absolute Gasteiger partial charge is 0.227 e. The van der Waals surface area contributed by atoms with Crippen LogP contribution in [0.3, 0.4) is 0 Å². The molecule has 0 saturated carbocycles. The van der Waals surface area contributed by atoms with E-state index < -0.39 is 0 Å². The first-order chi connectivity index (χ1) is 13.3. The summed E-state index contributed by atoms with van der Waals surface area (Å²) in [6, 6.07) is 10.7. The molecule has 0 aliphatic carbocycles. The average molecular weight is 370 g/mol. The van der Waals surface area contributed by atoms with Crippen LogP contribution in [-0.4, -0.2) is 42.5 Å². The Kier molecular flexibility index (Phi) is 6.14. The zero-order valence-electron chi connectivity index (χ0n) is 16.8. The molecule has 0 bridgehead atoms. The molecule has 1 amide bonds. The van der Waals surface area contributed by atoms with Crippen molar-refractivity contribution in [3.63, 3.8) is 0 Å². The summed E-state index contributed by atoms with van der Waals surface area (Å²) in [4.78, 5) is 17.7. The SMILES string of the molecule is CCCC(=O)N(c1ccc([C@H]2CC[C@H]3CCCCN32)cc1)C1CCNCC1. The van der Waals surface area contributed by atoms with E-state index in [0.717, 1.165) is 44.1 Å². The third-order valence-corrected chi connectivity index (χ3v) is 6.81. The third-order valence-electron chi connectivity index (χ3n) is 6.81. The lowest BCUT2D eigenvalue weighted by Crippen LogP contribution is -2.46. The number of carbonyl (C=O) groups excluding carboxylic acids is 1. The van der Waals surface area contributed by atoms with E-state index in [1.165, 1.54) is 44.2 Å². The minimum Gasteiger partial charge on any atom is -0.317 e. The van der Waals surface area contributed by atoms with E-state index >= 15 is 0 Å². The second-order valence-corrected chi connectivity index (χ2v) is 8.57. The van der Waals surface area contributed by atoms with Crippen molar-refractivity contribution < 1.29 is 4.79 Å². The van der Waals surface area contributed by atoms with Gasteiger partial charge in [-0.2, -0.15) is 0 Å². The van der Waals surface area contributed by atoms with Crippen molar-refractivity contribution >= 4 is 11.6 Å². The Hall–Kier alpha value is -1.39. The average Bonchev–Trinajstić information content (AvgIpc) is 3.14. The molecule has 27 heavy (non-hydrogen) atoms. The second-order valence-electron chi connectivity index (χ2n) is 8.57. The fourth-order valence-electron chi connectivity index (χ4n) is 5.43. The Morgan fingerprint density at radius 3 is 2.59 bits per heavy atom. The number of anilines is 1. The highest BCUT2D eigenvalue weighted by Crippen LogP contribution is 2.40. The fourth-order valence-corrected chi connectivity index (χ4v) is 5.43. The molecular weight excluding hydrogens is 334 g/mol. The Labute approximate surface area is 164 Å². The standard InChI is InChI=1S/C23H35N3O/c1-2-5-23(27)26(21-13-15-24-16-14-21)20-9-7-18(8-10-20)22-12-11-19-6-3-4-17-25(19)22/h7-10,19,21-22,24H,2-6,11-17H2,1H3/t19-,22-/m1/s1. The fraction of sp³-hybridized carbons (Fsp3) is 0.696. The van der Waals surface area contributed by atoms with Gasteiger partial charge in [0, 0.05) is 30.2 Å². The molecule has 1 aromatic carbocycles. The maximum absolute atomic E-state index is 12.9. The lowest BCUT2D eigenvalue weighted by molar-refractivity contribution is -0.119. The van der Waals surface area contributed by atoms with Crippen molar-refractivity contribution in [1.29, 1.82) is 0 Å². The van der Waals surface area contributed by atoms with Crippen LogP contribution in [-0.2, 0) is 4.79 Å². The van der Waals surface area contributed by atoms with Crippen LogP contribution in [0.25, 0.3) is 0 Å². The van der Waals surface area contributed by atoms with Gasteiger partial charge in [0.25, 0.3) is 0 Å². The number of fused-ring (bicyclic) bond motifs is 1. The number of hydrogen-bond donors (Lipinski definition) is 1. The van der Waals surface area contributed by atoms with Gasteiger partial charge in [-0.1, -0.05) is 25.5 Å². The number of amides is 1. The first-order valence-electron chi connectivity index (χ1n) is 11.2. The number of nitrogens with one attached hydrogen (secondary N) is 1. The van der Waals surface area contributed by atoms with Crippen molar-refractivity contribution in [1.82, 2.24) is 10.2 Å². The molecule has 3 saturated heterocycles. The molecule has 0 radical (unpaired) electrons. The van der Waals surface area contributed by atoms with Crippen molar-refractivity contribution in [3.05, 3.63) is 29.8 Å². The normalized spacial score (nSPS) is 26.7. The van der Waals surface area contributed by atoms with E-state index in [9.17, 15) is 4.79 Å². The van der Waals surface area contributed by atoms with E-state index in [1.54, 1.807) is 0 Å². The van der Waals surface area contributed by atoms with Gasteiger partial charge in [-0.3, -0.25) is 9.69 Å². The van der Waals surface area contributed by atoms with Crippen LogP contribution in [0.2, 0.25) is 0 Å². The van der Waals surface area contributed by atoms with Gasteiger partial charge in [0.15, 0.2) is 0 Å². The van der Waals surface area contributed by atoms with E-state index in [-0.39, 0.29) is 5.91 Å². The Morgan fingerprint density at radius 2 is 1.85 bits per heavy atom. The van der Waals surface area contributed by atoms with Gasteiger partial charge in [0.1, 0.15) is 0 Å². The van der Waals surface area contributed by atoms with Gasteiger partial charge in [-0.25, -0.2) is 0 Å². The molecule has 0 aromatic heterocycles. The van der Waals surface area contributed by atoms with Gasteiger partial charge in [0.2, 0.25) is 5.91 Å². The quantitative estimate of drug-likeness (QED) is 0.842. The minimum atomic E-state index is 0.286. The summed E-state index contributed by atoms with van der Waals surface area (Å²) in [5.41, 5.74) is 2.54. The van der Waals surface area contributed by atoms with E-state index in [4.69, 9.17) is 0 Å². The Bertz CT molecular complexity index is 623. The monoisotopic (exact) mass is 369 g/mol. The summed E-state index contributed by atoms with van der Waals surface area (Å²) < 4.78 is 0. The molecule has 3 aliphatic heterocycles. The van der Waals surface area contributed by atoms with Crippen molar-refractivity contribution in [3.8, 4) is 0 Å². The molecule has 2 atom stereocenters. The molecule has 1 aromatic rings. The molecule has 148 valence electrons. The van der Waals surface area contributed by atoms with Crippen LogP contribution in [0.1, 0.15) is 76.3 Å². The number of rotatable bonds is 5. The third kappa shape index (κ3) is 4.07. The molecule has 3 heterocycles. The van der Waals surface area contributed by atoms with Gasteiger partial charge >= 0.3 is 0 Å². The molecule has 4 rings (SSSR count). The summed E-state index contributed by atoms with van der Waals surface area (Å²) >= 11 is 0. The molecule has 4 nitrogen and oxygen atoms in total. The zero-order valence-corrected chi connectivity index (χ0v) is 16.8. The molecule has 0 spiro atoms. The van der Waals surface area contributed by atoms with Crippen LogP contribution in [0.5, 0.6) is 0 Å². The molecule has 3 fully saturated rings. The summed E-state index contributed by atoms with van der Waals surface area (Å²) in [6.07, 6.45) is 10.4. The van der Waals surface area contributed by atoms with E-state index in [0.29, 0.717) is 18.5 Å². The largest absolute Gasteiger partial charge is 0.317 e. The topological polar surface area (TPSA) is 35.6 Å². The van der Waals surface area contributed by atoms with Gasteiger partial charge in [-0.05, 0) is 82.3 Å². The van der Waals surface area contributed by atoms with Gasteiger partial charge < -0.3 is 10.2 Å². The predicted octanol–water partition coefficient (Wildman–Crippen LogP) is 4.26. The lowest BCUT2D eigenvalue weighted by Gasteiger charge is -2.36. The highest BCUT2D eigenvalue weighted by molar-refractivity contribution is 5.94. The number of piperidine rings is 2. The van der Waals surface area contributed by atoms with Crippen LogP contribution in [0.4, 0.5) is 5.69 Å². The maximum Gasteiger partial charge on any atom is 0.227 e. The summed E-state index contributed by atoms with van der Waals surface area (Å²) in [5.74, 6) is 0.286. The van der Waals surface area contributed by atoms with Crippen LogP contribution in [0, 0.1) is 0 Å². The Morgan fingerprint density at radius 1 is 1.07 bits per heavy atom. The summed E-state index contributed by atoms with van der Waals surface area (Å²) in [6.45, 7) is 5.37. The van der Waals surface area contributed by atoms with E-state index in [2.05, 4.69) is 46.3 Å². The Balaban J connectivity index is 1.52. The molecular formula is C23H35N3O. The summed E-state index contributed by atoms with van der Waals surface area (Å²) in [7, 11) is 0.